The first kappa shape index (κ1) is 28.3. The number of nitrogens with zero attached hydrogens (tertiary/aromatic N) is 2. The summed E-state index contributed by atoms with van der Waals surface area (Å²) < 4.78 is 0. The Bertz CT molecular complexity index is 1170. The monoisotopic (exact) mass is 534 g/mol. The highest BCUT2D eigenvalue weighted by Gasteiger charge is 2.43. The number of hydrogen-bond acceptors (Lipinski definition) is 5. The zero-order chi connectivity index (χ0) is 27.9. The number of rotatable bonds is 10. The van der Waals surface area contributed by atoms with Gasteiger partial charge in [0.1, 0.15) is 18.1 Å². The van der Waals surface area contributed by atoms with E-state index in [1.54, 1.807) is 0 Å². The highest BCUT2D eigenvalue weighted by molar-refractivity contribution is 5.94. The van der Waals surface area contributed by atoms with Crippen LogP contribution in [0.4, 0.5) is 0 Å². The number of nitrogens with one attached hydrogen (secondary N) is 1. The Hall–Kier alpha value is -3.72. The minimum Gasteiger partial charge on any atom is -0.480 e. The van der Waals surface area contributed by atoms with E-state index >= 15 is 0 Å². The largest absolute Gasteiger partial charge is 0.480 e. The van der Waals surface area contributed by atoms with Crippen LogP contribution in [0.15, 0.2) is 54.6 Å². The summed E-state index contributed by atoms with van der Waals surface area (Å²) >= 11 is 0. The number of likely N-dealkylation sites (tertiary alicyclic amines) is 2. The summed E-state index contributed by atoms with van der Waals surface area (Å²) in [7, 11) is 0. The van der Waals surface area contributed by atoms with Gasteiger partial charge in [-0.15, -0.1) is 0 Å². The molecule has 0 saturated carbocycles. The molecule has 4 atom stereocenters. The molecule has 0 aliphatic carbocycles. The SMILES string of the molecule is Cc1ccc(CC(NC(=O)CC(N)Cc2ccccc2)C(=O)N2CCCC2C(=O)N2CCCC2C(=O)O)cc1. The first-order chi connectivity index (χ1) is 18.7. The number of carboxylic acids is 1. The molecule has 4 unspecified atom stereocenters. The van der Waals surface area contributed by atoms with E-state index in [1.807, 2.05) is 61.5 Å². The molecule has 2 aromatic carbocycles. The van der Waals surface area contributed by atoms with E-state index in [-0.39, 0.29) is 30.6 Å². The molecule has 2 fully saturated rings. The fourth-order valence-electron chi connectivity index (χ4n) is 5.61. The molecule has 208 valence electrons. The van der Waals surface area contributed by atoms with Crippen molar-refractivity contribution in [3.05, 3.63) is 71.3 Å². The van der Waals surface area contributed by atoms with Crippen molar-refractivity contribution in [2.45, 2.75) is 76.0 Å². The van der Waals surface area contributed by atoms with Gasteiger partial charge in [0.2, 0.25) is 17.7 Å². The summed E-state index contributed by atoms with van der Waals surface area (Å²) in [6.45, 7) is 2.73. The third-order valence-corrected chi connectivity index (χ3v) is 7.62. The maximum absolute atomic E-state index is 13.9. The number of carbonyl (C=O) groups excluding carboxylic acids is 3. The van der Waals surface area contributed by atoms with E-state index in [0.29, 0.717) is 45.2 Å². The average molecular weight is 535 g/mol. The summed E-state index contributed by atoms with van der Waals surface area (Å²) in [5.41, 5.74) is 9.27. The van der Waals surface area contributed by atoms with Crippen LogP contribution in [0.1, 0.15) is 48.8 Å². The highest BCUT2D eigenvalue weighted by atomic mass is 16.4. The third kappa shape index (κ3) is 7.23. The van der Waals surface area contributed by atoms with Gasteiger partial charge in [-0.05, 0) is 50.2 Å². The molecule has 2 saturated heterocycles. The van der Waals surface area contributed by atoms with Crippen LogP contribution in [0.3, 0.4) is 0 Å². The molecule has 0 radical (unpaired) electrons. The van der Waals surface area contributed by atoms with Crippen LogP contribution in [0.2, 0.25) is 0 Å². The van der Waals surface area contributed by atoms with Gasteiger partial charge in [0.05, 0.1) is 0 Å². The van der Waals surface area contributed by atoms with Crippen molar-refractivity contribution in [3.8, 4) is 0 Å². The van der Waals surface area contributed by atoms with Gasteiger partial charge in [-0.2, -0.15) is 0 Å². The predicted octanol–water partition coefficient (Wildman–Crippen LogP) is 2.05. The summed E-state index contributed by atoms with van der Waals surface area (Å²) in [6, 6.07) is 14.6. The summed E-state index contributed by atoms with van der Waals surface area (Å²) in [4.78, 5) is 54.9. The smallest absolute Gasteiger partial charge is 0.326 e. The van der Waals surface area contributed by atoms with Gasteiger partial charge >= 0.3 is 5.97 Å². The van der Waals surface area contributed by atoms with Crippen LogP contribution in [-0.4, -0.2) is 75.9 Å². The quantitative estimate of drug-likeness (QED) is 0.427. The Kier molecular flexibility index (Phi) is 9.35. The number of benzene rings is 2. The van der Waals surface area contributed by atoms with Crippen molar-refractivity contribution in [2.75, 3.05) is 13.1 Å². The Balaban J connectivity index is 1.48. The van der Waals surface area contributed by atoms with Gasteiger partial charge in [0, 0.05) is 32.0 Å². The Morgan fingerprint density at radius 3 is 2.18 bits per heavy atom. The number of hydrogen-bond donors (Lipinski definition) is 3. The summed E-state index contributed by atoms with van der Waals surface area (Å²) in [6.07, 6.45) is 3.02. The van der Waals surface area contributed by atoms with E-state index in [0.717, 1.165) is 16.7 Å². The van der Waals surface area contributed by atoms with Crippen LogP contribution in [0, 0.1) is 6.92 Å². The van der Waals surface area contributed by atoms with Gasteiger partial charge < -0.3 is 26.0 Å². The second-order valence-electron chi connectivity index (χ2n) is 10.7. The first-order valence-corrected chi connectivity index (χ1v) is 13.7. The number of carbonyl (C=O) groups is 4. The van der Waals surface area contributed by atoms with Crippen molar-refractivity contribution >= 4 is 23.7 Å². The highest BCUT2D eigenvalue weighted by Crippen LogP contribution is 2.26. The van der Waals surface area contributed by atoms with Gasteiger partial charge in [0.15, 0.2) is 0 Å². The zero-order valence-corrected chi connectivity index (χ0v) is 22.4. The molecule has 0 aromatic heterocycles. The molecule has 39 heavy (non-hydrogen) atoms. The van der Waals surface area contributed by atoms with E-state index < -0.39 is 30.1 Å². The van der Waals surface area contributed by atoms with Crippen molar-refractivity contribution in [1.29, 1.82) is 0 Å². The zero-order valence-electron chi connectivity index (χ0n) is 22.4. The number of amides is 3. The molecule has 2 aliphatic rings. The van der Waals surface area contributed by atoms with Gasteiger partial charge in [-0.25, -0.2) is 4.79 Å². The topological polar surface area (TPSA) is 133 Å². The van der Waals surface area contributed by atoms with Crippen molar-refractivity contribution in [3.63, 3.8) is 0 Å². The minimum absolute atomic E-state index is 0.0585. The molecule has 9 nitrogen and oxygen atoms in total. The lowest BCUT2D eigenvalue weighted by molar-refractivity contribution is -0.152. The first-order valence-electron chi connectivity index (χ1n) is 13.7. The van der Waals surface area contributed by atoms with Crippen LogP contribution in [-0.2, 0) is 32.0 Å². The molecule has 0 spiro atoms. The fourth-order valence-corrected chi connectivity index (χ4v) is 5.61. The van der Waals surface area contributed by atoms with E-state index in [1.165, 1.54) is 9.80 Å². The normalized spacial score (nSPS) is 20.5. The second kappa shape index (κ2) is 12.9. The lowest BCUT2D eigenvalue weighted by atomic mass is 10.0. The van der Waals surface area contributed by atoms with Crippen LogP contribution in [0.25, 0.3) is 0 Å². The second-order valence-corrected chi connectivity index (χ2v) is 10.7. The van der Waals surface area contributed by atoms with E-state index in [2.05, 4.69) is 5.32 Å². The van der Waals surface area contributed by atoms with Crippen LogP contribution in [0.5, 0.6) is 0 Å². The average Bonchev–Trinajstić information content (AvgIpc) is 3.60. The van der Waals surface area contributed by atoms with Crippen molar-refractivity contribution in [2.24, 2.45) is 5.73 Å². The summed E-state index contributed by atoms with van der Waals surface area (Å²) in [5.74, 6) is -2.00. The number of aliphatic carboxylic acids is 1. The van der Waals surface area contributed by atoms with Crippen molar-refractivity contribution < 1.29 is 24.3 Å². The fraction of sp³-hybridized carbons (Fsp3) is 0.467. The standard InChI is InChI=1S/C30H38N4O5/c1-20-11-13-22(14-12-20)18-24(32-27(35)19-23(31)17-21-7-3-2-4-8-21)28(36)33-15-5-9-25(33)29(37)34-16-6-10-26(34)30(38)39/h2-4,7-8,11-14,23-26H,5-6,9-10,15-19,31H2,1H3,(H,32,35)(H,38,39). The van der Waals surface area contributed by atoms with Gasteiger partial charge in [0.25, 0.3) is 0 Å². The Morgan fingerprint density at radius 2 is 1.51 bits per heavy atom. The molecule has 2 heterocycles. The molecular weight excluding hydrogens is 496 g/mol. The molecule has 9 heteroatoms. The van der Waals surface area contributed by atoms with Crippen LogP contribution < -0.4 is 11.1 Å². The number of carboxylic acid groups (broad SMARTS) is 1. The molecular formula is C30H38N4O5. The molecule has 3 amide bonds. The lowest BCUT2D eigenvalue weighted by Gasteiger charge is -2.32. The van der Waals surface area contributed by atoms with Gasteiger partial charge in [-0.3, -0.25) is 14.4 Å². The van der Waals surface area contributed by atoms with Gasteiger partial charge in [-0.1, -0.05) is 60.2 Å². The summed E-state index contributed by atoms with van der Waals surface area (Å²) in [5, 5.41) is 12.5. The van der Waals surface area contributed by atoms with E-state index in [9.17, 15) is 24.3 Å². The molecule has 0 bridgehead atoms. The van der Waals surface area contributed by atoms with Crippen LogP contribution >= 0.6 is 0 Å². The maximum Gasteiger partial charge on any atom is 0.326 e. The predicted molar refractivity (Wildman–Crippen MR) is 147 cm³/mol. The lowest BCUT2D eigenvalue weighted by Crippen LogP contribution is -2.56. The van der Waals surface area contributed by atoms with E-state index in [4.69, 9.17) is 5.73 Å². The Labute approximate surface area is 229 Å². The number of nitrogens with two attached hydrogens (primary N) is 1. The minimum atomic E-state index is -1.02. The molecule has 4 rings (SSSR count). The molecule has 4 N–H and O–H groups in total. The third-order valence-electron chi connectivity index (χ3n) is 7.62. The number of aryl methyl sites for hydroxylation is 1. The Morgan fingerprint density at radius 1 is 0.897 bits per heavy atom. The maximum atomic E-state index is 13.9. The molecule has 2 aliphatic heterocycles. The molecule has 2 aromatic rings. The van der Waals surface area contributed by atoms with Crippen molar-refractivity contribution in [1.82, 2.24) is 15.1 Å².